The van der Waals surface area contributed by atoms with Gasteiger partial charge in [0.1, 0.15) is 5.75 Å². The zero-order chi connectivity index (χ0) is 14.4. The molecule has 1 N–H and O–H groups in total. The van der Waals surface area contributed by atoms with E-state index >= 15 is 0 Å². The summed E-state index contributed by atoms with van der Waals surface area (Å²) >= 11 is 3.44. The van der Waals surface area contributed by atoms with Crippen LogP contribution in [0.3, 0.4) is 0 Å². The molecule has 0 saturated heterocycles. The molecule has 1 fully saturated rings. The van der Waals surface area contributed by atoms with Crippen molar-refractivity contribution in [2.24, 2.45) is 0 Å². The second-order valence-electron chi connectivity index (χ2n) is 5.02. The second kappa shape index (κ2) is 7.64. The SMILES string of the molecule is COc1ccc(CCC(=O)NOC2CCCC2)cc1Br. The molecule has 1 aliphatic rings. The van der Waals surface area contributed by atoms with Crippen molar-refractivity contribution in [3.8, 4) is 5.75 Å². The Morgan fingerprint density at radius 3 is 2.80 bits per heavy atom. The van der Waals surface area contributed by atoms with E-state index in [-0.39, 0.29) is 12.0 Å². The van der Waals surface area contributed by atoms with E-state index in [9.17, 15) is 4.79 Å². The zero-order valence-corrected chi connectivity index (χ0v) is 13.2. The number of hydrogen-bond donors (Lipinski definition) is 1. The average Bonchev–Trinajstić information content (AvgIpc) is 2.96. The fourth-order valence-electron chi connectivity index (χ4n) is 2.33. The maximum absolute atomic E-state index is 11.7. The fourth-order valence-corrected chi connectivity index (χ4v) is 2.92. The van der Waals surface area contributed by atoms with E-state index in [1.807, 2.05) is 18.2 Å². The van der Waals surface area contributed by atoms with Gasteiger partial charge in [-0.3, -0.25) is 9.63 Å². The molecule has 1 aromatic rings. The van der Waals surface area contributed by atoms with Crippen LogP contribution in [0.25, 0.3) is 0 Å². The number of rotatable bonds is 6. The largest absolute Gasteiger partial charge is 0.496 e. The first-order chi connectivity index (χ1) is 9.69. The molecule has 2 rings (SSSR count). The van der Waals surface area contributed by atoms with E-state index in [1.54, 1.807) is 7.11 Å². The van der Waals surface area contributed by atoms with E-state index < -0.39 is 0 Å². The molecule has 0 radical (unpaired) electrons. The van der Waals surface area contributed by atoms with Crippen LogP contribution in [-0.2, 0) is 16.1 Å². The number of amides is 1. The van der Waals surface area contributed by atoms with Crippen LogP contribution in [0, 0.1) is 0 Å². The Morgan fingerprint density at radius 1 is 1.40 bits per heavy atom. The molecule has 0 unspecified atom stereocenters. The van der Waals surface area contributed by atoms with Crippen molar-refractivity contribution in [2.75, 3.05) is 7.11 Å². The van der Waals surface area contributed by atoms with Crippen LogP contribution in [0.4, 0.5) is 0 Å². The van der Waals surface area contributed by atoms with Crippen molar-refractivity contribution in [3.63, 3.8) is 0 Å². The number of ether oxygens (including phenoxy) is 1. The van der Waals surface area contributed by atoms with Crippen LogP contribution < -0.4 is 10.2 Å². The van der Waals surface area contributed by atoms with Gasteiger partial charge in [-0.25, -0.2) is 5.48 Å². The van der Waals surface area contributed by atoms with Gasteiger partial charge in [0.2, 0.25) is 5.91 Å². The number of methoxy groups -OCH3 is 1. The lowest BCUT2D eigenvalue weighted by Crippen LogP contribution is -2.28. The number of hydrogen-bond acceptors (Lipinski definition) is 3. The lowest BCUT2D eigenvalue weighted by Gasteiger charge is -2.11. The Kier molecular flexibility index (Phi) is 5.86. The molecule has 4 nitrogen and oxygen atoms in total. The molecule has 0 spiro atoms. The highest BCUT2D eigenvalue weighted by Crippen LogP contribution is 2.26. The molecule has 0 heterocycles. The molecule has 5 heteroatoms. The summed E-state index contributed by atoms with van der Waals surface area (Å²) in [6, 6.07) is 5.84. The van der Waals surface area contributed by atoms with E-state index in [2.05, 4.69) is 21.4 Å². The van der Waals surface area contributed by atoms with Crippen LogP contribution >= 0.6 is 15.9 Å². The van der Waals surface area contributed by atoms with Crippen LogP contribution in [0.1, 0.15) is 37.7 Å². The monoisotopic (exact) mass is 341 g/mol. The number of benzene rings is 1. The van der Waals surface area contributed by atoms with Gasteiger partial charge in [0.15, 0.2) is 0 Å². The van der Waals surface area contributed by atoms with Crippen molar-refractivity contribution >= 4 is 21.8 Å². The summed E-state index contributed by atoms with van der Waals surface area (Å²) in [5.74, 6) is 0.728. The number of hydroxylamine groups is 1. The number of halogens is 1. The Hall–Kier alpha value is -1.07. The van der Waals surface area contributed by atoms with Crippen molar-refractivity contribution < 1.29 is 14.4 Å². The average molecular weight is 342 g/mol. The molecule has 1 saturated carbocycles. The molecule has 1 aromatic carbocycles. The van der Waals surface area contributed by atoms with Crippen LogP contribution in [0.5, 0.6) is 5.75 Å². The van der Waals surface area contributed by atoms with Gasteiger partial charge in [0.25, 0.3) is 0 Å². The third kappa shape index (κ3) is 4.49. The topological polar surface area (TPSA) is 47.6 Å². The smallest absolute Gasteiger partial charge is 0.243 e. The summed E-state index contributed by atoms with van der Waals surface area (Å²) in [4.78, 5) is 17.1. The van der Waals surface area contributed by atoms with E-state index in [0.717, 1.165) is 28.6 Å². The van der Waals surface area contributed by atoms with E-state index in [0.29, 0.717) is 12.8 Å². The number of carbonyl (C=O) groups is 1. The van der Waals surface area contributed by atoms with Crippen LogP contribution in [0.2, 0.25) is 0 Å². The third-order valence-electron chi connectivity index (χ3n) is 3.50. The predicted molar refractivity (Wildman–Crippen MR) is 80.5 cm³/mol. The fraction of sp³-hybridized carbons (Fsp3) is 0.533. The van der Waals surface area contributed by atoms with Crippen LogP contribution in [-0.4, -0.2) is 19.1 Å². The van der Waals surface area contributed by atoms with Crippen molar-refractivity contribution in [2.45, 2.75) is 44.6 Å². The predicted octanol–water partition coefficient (Wildman–Crippen LogP) is 3.38. The van der Waals surface area contributed by atoms with Gasteiger partial charge in [0.05, 0.1) is 17.7 Å². The van der Waals surface area contributed by atoms with Gasteiger partial charge in [0, 0.05) is 6.42 Å². The summed E-state index contributed by atoms with van der Waals surface area (Å²) in [5.41, 5.74) is 3.65. The Morgan fingerprint density at radius 2 is 2.15 bits per heavy atom. The lowest BCUT2D eigenvalue weighted by molar-refractivity contribution is -0.138. The highest BCUT2D eigenvalue weighted by molar-refractivity contribution is 9.10. The second-order valence-corrected chi connectivity index (χ2v) is 5.87. The summed E-state index contributed by atoms with van der Waals surface area (Å²) in [6.07, 6.45) is 5.79. The highest BCUT2D eigenvalue weighted by Gasteiger charge is 2.16. The summed E-state index contributed by atoms with van der Waals surface area (Å²) in [7, 11) is 1.63. The molecule has 0 bridgehead atoms. The number of carbonyl (C=O) groups excluding carboxylic acids is 1. The molecule has 1 amide bonds. The van der Waals surface area contributed by atoms with Crippen molar-refractivity contribution in [3.05, 3.63) is 28.2 Å². The maximum atomic E-state index is 11.7. The molecule has 0 aliphatic heterocycles. The lowest BCUT2D eigenvalue weighted by atomic mass is 10.1. The molecule has 0 aromatic heterocycles. The third-order valence-corrected chi connectivity index (χ3v) is 4.12. The number of nitrogens with one attached hydrogen (secondary N) is 1. The standard InChI is InChI=1S/C15H20BrNO3/c1-19-14-8-6-11(10-13(14)16)7-9-15(18)17-20-12-4-2-3-5-12/h6,8,10,12H,2-5,7,9H2,1H3,(H,17,18). The Bertz CT molecular complexity index is 458. The Balaban J connectivity index is 1.73. The summed E-state index contributed by atoms with van der Waals surface area (Å²) < 4.78 is 6.08. The van der Waals surface area contributed by atoms with Crippen molar-refractivity contribution in [1.82, 2.24) is 5.48 Å². The van der Waals surface area contributed by atoms with Gasteiger partial charge in [-0.2, -0.15) is 0 Å². The zero-order valence-electron chi connectivity index (χ0n) is 11.7. The molecule has 110 valence electrons. The first-order valence-corrected chi connectivity index (χ1v) is 7.75. The van der Waals surface area contributed by atoms with E-state index in [4.69, 9.17) is 9.57 Å². The molecule has 0 atom stereocenters. The first kappa shape index (κ1) is 15.3. The minimum atomic E-state index is -0.0659. The normalized spacial score (nSPS) is 15.3. The molecular weight excluding hydrogens is 322 g/mol. The van der Waals surface area contributed by atoms with Gasteiger partial charge < -0.3 is 4.74 Å². The minimum absolute atomic E-state index is 0.0659. The molecular formula is C15H20BrNO3. The Labute approximate surface area is 127 Å². The van der Waals surface area contributed by atoms with Crippen molar-refractivity contribution in [1.29, 1.82) is 0 Å². The van der Waals surface area contributed by atoms with Gasteiger partial charge in [-0.15, -0.1) is 0 Å². The quantitative estimate of drug-likeness (QED) is 0.807. The van der Waals surface area contributed by atoms with E-state index in [1.165, 1.54) is 12.8 Å². The van der Waals surface area contributed by atoms with Gasteiger partial charge >= 0.3 is 0 Å². The molecule has 1 aliphatic carbocycles. The minimum Gasteiger partial charge on any atom is -0.496 e. The molecule has 20 heavy (non-hydrogen) atoms. The van der Waals surface area contributed by atoms with Gasteiger partial charge in [-0.1, -0.05) is 18.9 Å². The summed E-state index contributed by atoms with van der Waals surface area (Å²) in [6.45, 7) is 0. The number of aryl methyl sites for hydroxylation is 1. The first-order valence-electron chi connectivity index (χ1n) is 6.96. The van der Waals surface area contributed by atoms with Crippen LogP contribution in [0.15, 0.2) is 22.7 Å². The maximum Gasteiger partial charge on any atom is 0.243 e. The van der Waals surface area contributed by atoms with Gasteiger partial charge in [-0.05, 0) is 52.9 Å². The highest BCUT2D eigenvalue weighted by atomic mass is 79.9. The summed E-state index contributed by atoms with van der Waals surface area (Å²) in [5, 5.41) is 0.